The molecule has 22 heavy (non-hydrogen) atoms. The van der Waals surface area contributed by atoms with Gasteiger partial charge in [0.05, 0.1) is 6.54 Å². The minimum atomic E-state index is -4.52. The molecule has 1 aliphatic rings. The van der Waals surface area contributed by atoms with E-state index < -0.39 is 24.8 Å². The fourth-order valence-electron chi connectivity index (χ4n) is 2.89. The number of likely N-dealkylation sites (tertiary alicyclic amines) is 1. The molecule has 2 rings (SSSR count). The molecule has 1 saturated heterocycles. The number of carbonyl (C=O) groups excluding carboxylic acids is 1. The van der Waals surface area contributed by atoms with Crippen LogP contribution in [-0.2, 0) is 0 Å². The summed E-state index contributed by atoms with van der Waals surface area (Å²) in [6, 6.07) is -2.40. The van der Waals surface area contributed by atoms with Crippen LogP contribution in [-0.4, -0.2) is 51.0 Å². The van der Waals surface area contributed by atoms with Crippen LogP contribution in [0.1, 0.15) is 33.2 Å². The Labute approximate surface area is 126 Å². The van der Waals surface area contributed by atoms with E-state index in [2.05, 4.69) is 15.4 Å². The number of halogens is 3. The molecule has 0 aromatic carbocycles. The highest BCUT2D eigenvalue weighted by Crippen LogP contribution is 2.34. The van der Waals surface area contributed by atoms with Crippen molar-refractivity contribution in [2.75, 3.05) is 13.1 Å². The number of hydrogen-bond donors (Lipinski definition) is 1. The number of rotatable bonds is 3. The lowest BCUT2D eigenvalue weighted by atomic mass is 9.91. The number of nitrogens with one attached hydrogen (secondary N) is 1. The van der Waals surface area contributed by atoms with Crippen LogP contribution in [0, 0.1) is 5.41 Å². The van der Waals surface area contributed by atoms with Gasteiger partial charge in [-0.05, 0) is 18.8 Å². The minimum Gasteiger partial charge on any atom is -0.335 e. The molecular weight excluding hydrogens is 299 g/mol. The van der Waals surface area contributed by atoms with Crippen LogP contribution in [0.3, 0.4) is 0 Å². The standard InChI is InChI=1S/C13H20F3N5O/c1-9-4-12(2,3)6-20(9)11(22)18-5-10(13(14,15)16)21-8-17-7-19-21/h7-10H,4-6H2,1-3H3,(H,18,22). The Morgan fingerprint density at radius 3 is 2.64 bits per heavy atom. The van der Waals surface area contributed by atoms with Gasteiger partial charge in [-0.25, -0.2) is 14.5 Å². The van der Waals surface area contributed by atoms with Gasteiger partial charge in [-0.15, -0.1) is 0 Å². The maximum Gasteiger partial charge on any atom is 0.412 e. The quantitative estimate of drug-likeness (QED) is 0.929. The average Bonchev–Trinajstić information content (AvgIpc) is 2.95. The molecule has 9 heteroatoms. The van der Waals surface area contributed by atoms with Gasteiger partial charge in [0.25, 0.3) is 0 Å². The van der Waals surface area contributed by atoms with Gasteiger partial charge < -0.3 is 10.2 Å². The molecule has 0 aliphatic carbocycles. The van der Waals surface area contributed by atoms with Crippen LogP contribution in [0.5, 0.6) is 0 Å². The molecule has 2 heterocycles. The Morgan fingerprint density at radius 2 is 2.18 bits per heavy atom. The van der Waals surface area contributed by atoms with E-state index in [1.807, 2.05) is 20.8 Å². The Kier molecular flexibility index (Phi) is 4.35. The second-order valence-corrected chi connectivity index (χ2v) is 6.46. The first-order chi connectivity index (χ1) is 10.1. The smallest absolute Gasteiger partial charge is 0.335 e. The van der Waals surface area contributed by atoms with Gasteiger partial charge in [0.2, 0.25) is 0 Å². The average molecular weight is 319 g/mol. The lowest BCUT2D eigenvalue weighted by Gasteiger charge is -2.25. The fraction of sp³-hybridized carbons (Fsp3) is 0.769. The SMILES string of the molecule is CC1CC(C)(C)CN1C(=O)NCC(n1cncn1)C(F)(F)F. The molecule has 0 spiro atoms. The van der Waals surface area contributed by atoms with Gasteiger partial charge in [-0.3, -0.25) is 0 Å². The van der Waals surface area contributed by atoms with E-state index in [1.165, 1.54) is 0 Å². The van der Waals surface area contributed by atoms with Crippen molar-refractivity contribution < 1.29 is 18.0 Å². The summed E-state index contributed by atoms with van der Waals surface area (Å²) in [4.78, 5) is 17.2. The molecule has 2 amide bonds. The van der Waals surface area contributed by atoms with Crippen LogP contribution in [0.25, 0.3) is 0 Å². The summed E-state index contributed by atoms with van der Waals surface area (Å²) in [6.07, 6.45) is -1.67. The zero-order chi connectivity index (χ0) is 16.5. The fourth-order valence-corrected chi connectivity index (χ4v) is 2.89. The zero-order valence-electron chi connectivity index (χ0n) is 12.8. The lowest BCUT2D eigenvalue weighted by Crippen LogP contribution is -2.46. The van der Waals surface area contributed by atoms with Crippen molar-refractivity contribution in [2.45, 2.75) is 45.5 Å². The Balaban J connectivity index is 2.00. The van der Waals surface area contributed by atoms with Gasteiger partial charge in [-0.2, -0.15) is 18.3 Å². The predicted molar refractivity (Wildman–Crippen MR) is 73.1 cm³/mol. The van der Waals surface area contributed by atoms with E-state index >= 15 is 0 Å². The van der Waals surface area contributed by atoms with Gasteiger partial charge in [0, 0.05) is 12.6 Å². The third-order valence-corrected chi connectivity index (χ3v) is 3.82. The predicted octanol–water partition coefficient (Wildman–Crippen LogP) is 2.21. The van der Waals surface area contributed by atoms with Crippen molar-refractivity contribution in [1.82, 2.24) is 25.0 Å². The number of hydrogen-bond acceptors (Lipinski definition) is 3. The van der Waals surface area contributed by atoms with Crippen molar-refractivity contribution >= 4 is 6.03 Å². The van der Waals surface area contributed by atoms with Crippen LogP contribution >= 0.6 is 0 Å². The number of alkyl halides is 3. The molecule has 0 saturated carbocycles. The third kappa shape index (κ3) is 3.69. The third-order valence-electron chi connectivity index (χ3n) is 3.82. The Bertz CT molecular complexity index is 514. The monoisotopic (exact) mass is 319 g/mol. The van der Waals surface area contributed by atoms with Crippen molar-refractivity contribution in [2.24, 2.45) is 5.41 Å². The minimum absolute atomic E-state index is 0.00528. The molecule has 2 atom stereocenters. The van der Waals surface area contributed by atoms with E-state index in [0.717, 1.165) is 19.1 Å². The van der Waals surface area contributed by atoms with Crippen LogP contribution in [0.4, 0.5) is 18.0 Å². The molecular formula is C13H20F3N5O. The topological polar surface area (TPSA) is 63.1 Å². The second kappa shape index (κ2) is 5.77. The summed E-state index contributed by atoms with van der Waals surface area (Å²) in [7, 11) is 0. The molecule has 1 aromatic rings. The van der Waals surface area contributed by atoms with Gasteiger partial charge in [0.1, 0.15) is 12.7 Å². The molecule has 1 fully saturated rings. The van der Waals surface area contributed by atoms with Gasteiger partial charge in [-0.1, -0.05) is 13.8 Å². The largest absolute Gasteiger partial charge is 0.412 e. The molecule has 1 aromatic heterocycles. The van der Waals surface area contributed by atoms with Crippen LogP contribution in [0.2, 0.25) is 0 Å². The van der Waals surface area contributed by atoms with Gasteiger partial charge >= 0.3 is 12.2 Å². The molecule has 124 valence electrons. The number of urea groups is 1. The zero-order valence-corrected chi connectivity index (χ0v) is 12.8. The first-order valence-electron chi connectivity index (χ1n) is 7.05. The van der Waals surface area contributed by atoms with E-state index in [0.29, 0.717) is 11.2 Å². The van der Waals surface area contributed by atoms with E-state index in [9.17, 15) is 18.0 Å². The summed E-state index contributed by atoms with van der Waals surface area (Å²) < 4.78 is 39.9. The first kappa shape index (κ1) is 16.6. The number of amides is 2. The highest BCUT2D eigenvalue weighted by molar-refractivity contribution is 5.75. The molecule has 2 unspecified atom stereocenters. The summed E-state index contributed by atoms with van der Waals surface area (Å²) in [5, 5.41) is 5.88. The maximum absolute atomic E-state index is 13.1. The number of aromatic nitrogens is 3. The highest BCUT2D eigenvalue weighted by atomic mass is 19.4. The molecule has 1 aliphatic heterocycles. The van der Waals surface area contributed by atoms with E-state index in [1.54, 1.807) is 4.90 Å². The van der Waals surface area contributed by atoms with Crippen LogP contribution in [0.15, 0.2) is 12.7 Å². The van der Waals surface area contributed by atoms with Crippen molar-refractivity contribution in [3.8, 4) is 0 Å². The lowest BCUT2D eigenvalue weighted by molar-refractivity contribution is -0.168. The summed E-state index contributed by atoms with van der Waals surface area (Å²) >= 11 is 0. The first-order valence-corrected chi connectivity index (χ1v) is 7.05. The summed E-state index contributed by atoms with van der Waals surface area (Å²) in [5.74, 6) is 0. The molecule has 6 nitrogen and oxygen atoms in total. The summed E-state index contributed by atoms with van der Waals surface area (Å²) in [6.45, 7) is 5.91. The van der Waals surface area contributed by atoms with E-state index in [-0.39, 0.29) is 11.5 Å². The van der Waals surface area contributed by atoms with Crippen LogP contribution < -0.4 is 5.32 Å². The Morgan fingerprint density at radius 1 is 1.50 bits per heavy atom. The second-order valence-electron chi connectivity index (χ2n) is 6.46. The summed E-state index contributed by atoms with van der Waals surface area (Å²) in [5.41, 5.74) is -0.0217. The Hall–Kier alpha value is -1.80. The normalized spacial score (nSPS) is 22.6. The van der Waals surface area contributed by atoms with Gasteiger partial charge in [0.15, 0.2) is 6.04 Å². The van der Waals surface area contributed by atoms with Crippen molar-refractivity contribution in [1.29, 1.82) is 0 Å². The molecule has 0 radical (unpaired) electrons. The molecule has 1 N–H and O–H groups in total. The van der Waals surface area contributed by atoms with Crippen molar-refractivity contribution in [3.05, 3.63) is 12.7 Å². The number of nitrogens with zero attached hydrogens (tertiary/aromatic N) is 4. The number of carbonyl (C=O) groups is 1. The van der Waals surface area contributed by atoms with E-state index in [4.69, 9.17) is 0 Å². The maximum atomic E-state index is 13.1. The molecule has 0 bridgehead atoms. The highest BCUT2D eigenvalue weighted by Gasteiger charge is 2.43. The van der Waals surface area contributed by atoms with Crippen molar-refractivity contribution in [3.63, 3.8) is 0 Å².